The van der Waals surface area contributed by atoms with Crippen molar-refractivity contribution >= 4 is 17.6 Å². The molecule has 23 heavy (non-hydrogen) atoms. The van der Waals surface area contributed by atoms with Crippen molar-refractivity contribution < 1.29 is 19.1 Å². The Morgan fingerprint density at radius 3 is 3.00 bits per heavy atom. The van der Waals surface area contributed by atoms with Crippen LogP contribution in [-0.4, -0.2) is 48.7 Å². The summed E-state index contributed by atoms with van der Waals surface area (Å²) in [5, 5.41) is 2.80. The number of hydrogen-bond donors (Lipinski definition) is 2. The number of carbonyl (C=O) groups is 2. The molecule has 0 spiro atoms. The number of carbonyl (C=O) groups excluding carboxylic acids is 2. The first kappa shape index (κ1) is 17.1. The molecule has 0 bridgehead atoms. The number of anilines is 1. The van der Waals surface area contributed by atoms with Crippen LogP contribution in [0.3, 0.4) is 0 Å². The molecule has 1 aliphatic heterocycles. The Bertz CT molecular complexity index is 564. The van der Waals surface area contributed by atoms with Gasteiger partial charge in [0.2, 0.25) is 5.91 Å². The molecule has 0 aliphatic carbocycles. The van der Waals surface area contributed by atoms with Crippen LogP contribution >= 0.6 is 0 Å². The van der Waals surface area contributed by atoms with Crippen molar-refractivity contribution in [1.82, 2.24) is 4.90 Å². The Morgan fingerprint density at radius 1 is 1.52 bits per heavy atom. The summed E-state index contributed by atoms with van der Waals surface area (Å²) in [6.07, 6.45) is 0.255. The summed E-state index contributed by atoms with van der Waals surface area (Å²) in [6, 6.07) is 6.93. The highest BCUT2D eigenvalue weighted by Gasteiger charge is 2.27. The molecule has 0 saturated carbocycles. The zero-order valence-electron chi connectivity index (χ0n) is 13.5. The molecule has 2 atom stereocenters. The Balaban J connectivity index is 1.97. The summed E-state index contributed by atoms with van der Waals surface area (Å²) in [5.74, 6) is 0.139. The predicted octanol–water partition coefficient (Wildman–Crippen LogP) is 1.58. The van der Waals surface area contributed by atoms with Crippen LogP contribution in [-0.2, 0) is 9.53 Å². The number of morpholine rings is 1. The van der Waals surface area contributed by atoms with E-state index in [9.17, 15) is 9.59 Å². The van der Waals surface area contributed by atoms with E-state index in [2.05, 4.69) is 5.32 Å². The van der Waals surface area contributed by atoms with Crippen molar-refractivity contribution in [1.29, 1.82) is 0 Å². The van der Waals surface area contributed by atoms with Gasteiger partial charge in [0.05, 0.1) is 19.3 Å². The van der Waals surface area contributed by atoms with Crippen molar-refractivity contribution in [2.24, 2.45) is 5.73 Å². The summed E-state index contributed by atoms with van der Waals surface area (Å²) >= 11 is 0. The average molecular weight is 321 g/mol. The quantitative estimate of drug-likeness (QED) is 0.861. The second-order valence-electron chi connectivity index (χ2n) is 5.50. The number of nitrogens with zero attached hydrogens (tertiary/aromatic N) is 1. The summed E-state index contributed by atoms with van der Waals surface area (Å²) in [7, 11) is 0. The fourth-order valence-electron chi connectivity index (χ4n) is 2.17. The maximum absolute atomic E-state index is 12.3. The fraction of sp³-hybridized carbons (Fsp3) is 0.500. The van der Waals surface area contributed by atoms with Crippen molar-refractivity contribution in [3.8, 4) is 5.75 Å². The zero-order chi connectivity index (χ0) is 16.8. The van der Waals surface area contributed by atoms with Gasteiger partial charge in [-0.1, -0.05) is 13.0 Å². The van der Waals surface area contributed by atoms with Crippen LogP contribution in [0.15, 0.2) is 24.3 Å². The number of ether oxygens (including phenoxy) is 2. The van der Waals surface area contributed by atoms with Gasteiger partial charge in [-0.05, 0) is 25.5 Å². The maximum Gasteiger partial charge on any atom is 0.322 e. The molecule has 1 saturated heterocycles. The van der Waals surface area contributed by atoms with E-state index in [-0.39, 0.29) is 25.3 Å². The number of rotatable bonds is 5. The lowest BCUT2D eigenvalue weighted by atomic mass is 10.2. The first-order valence-corrected chi connectivity index (χ1v) is 7.73. The highest BCUT2D eigenvalue weighted by molar-refractivity contribution is 5.90. The number of primary amides is 1. The molecule has 2 unspecified atom stereocenters. The third kappa shape index (κ3) is 4.85. The Kier molecular flexibility index (Phi) is 5.81. The minimum Gasteiger partial charge on any atom is -0.491 e. The topological polar surface area (TPSA) is 93.9 Å². The largest absolute Gasteiger partial charge is 0.491 e. The lowest BCUT2D eigenvalue weighted by molar-refractivity contribution is -0.133. The van der Waals surface area contributed by atoms with Crippen molar-refractivity contribution in [3.05, 3.63) is 24.3 Å². The number of amides is 3. The van der Waals surface area contributed by atoms with Crippen LogP contribution < -0.4 is 15.8 Å². The predicted molar refractivity (Wildman–Crippen MR) is 86.3 cm³/mol. The molecule has 126 valence electrons. The summed E-state index contributed by atoms with van der Waals surface area (Å²) in [4.78, 5) is 25.0. The number of urea groups is 1. The van der Waals surface area contributed by atoms with Gasteiger partial charge in [-0.15, -0.1) is 0 Å². The zero-order valence-corrected chi connectivity index (χ0v) is 13.5. The molecule has 7 nitrogen and oxygen atoms in total. The Morgan fingerprint density at radius 2 is 2.30 bits per heavy atom. The number of nitrogens with two attached hydrogens (primary N) is 1. The van der Waals surface area contributed by atoms with E-state index in [0.717, 1.165) is 6.42 Å². The van der Waals surface area contributed by atoms with Gasteiger partial charge in [0, 0.05) is 18.3 Å². The molecule has 2 rings (SSSR count). The molecule has 1 aliphatic rings. The van der Waals surface area contributed by atoms with E-state index in [1.54, 1.807) is 12.1 Å². The van der Waals surface area contributed by atoms with Crippen molar-refractivity contribution in [2.45, 2.75) is 32.5 Å². The molecule has 1 aromatic rings. The molecule has 0 radical (unpaired) electrons. The van der Waals surface area contributed by atoms with Gasteiger partial charge in [0.25, 0.3) is 0 Å². The van der Waals surface area contributed by atoms with Crippen molar-refractivity contribution in [3.63, 3.8) is 0 Å². The van der Waals surface area contributed by atoms with E-state index < -0.39 is 12.0 Å². The Labute approximate surface area is 135 Å². The monoisotopic (exact) mass is 321 g/mol. The average Bonchev–Trinajstić information content (AvgIpc) is 2.55. The minimum absolute atomic E-state index is 0.108. The van der Waals surface area contributed by atoms with Crippen molar-refractivity contribution in [2.75, 3.05) is 25.0 Å². The van der Waals surface area contributed by atoms with Gasteiger partial charge in [0.15, 0.2) is 6.10 Å². The third-order valence-corrected chi connectivity index (χ3v) is 3.67. The molecule has 1 fully saturated rings. The first-order chi connectivity index (χ1) is 11.0. The van der Waals surface area contributed by atoms with Gasteiger partial charge >= 0.3 is 6.03 Å². The fourth-order valence-corrected chi connectivity index (χ4v) is 2.17. The molecular formula is C16H23N3O4. The summed E-state index contributed by atoms with van der Waals surface area (Å²) in [6.45, 7) is 4.90. The highest BCUT2D eigenvalue weighted by Crippen LogP contribution is 2.20. The second-order valence-corrected chi connectivity index (χ2v) is 5.50. The Hall–Kier alpha value is -2.28. The number of hydrogen-bond acceptors (Lipinski definition) is 4. The molecule has 1 aromatic carbocycles. The number of nitrogens with one attached hydrogen (secondary N) is 1. The van der Waals surface area contributed by atoms with E-state index in [1.807, 2.05) is 26.0 Å². The van der Waals surface area contributed by atoms with E-state index in [4.69, 9.17) is 15.2 Å². The second kappa shape index (κ2) is 7.82. The van der Waals surface area contributed by atoms with E-state index in [1.165, 1.54) is 4.90 Å². The van der Waals surface area contributed by atoms with Crippen LogP contribution in [0.5, 0.6) is 5.75 Å². The van der Waals surface area contributed by atoms with Crippen LogP contribution in [0.4, 0.5) is 10.5 Å². The molecule has 7 heteroatoms. The molecule has 3 amide bonds. The van der Waals surface area contributed by atoms with Crippen LogP contribution in [0.1, 0.15) is 20.3 Å². The third-order valence-electron chi connectivity index (χ3n) is 3.67. The molecule has 3 N–H and O–H groups in total. The molecule has 0 aromatic heterocycles. The standard InChI is InChI=1S/C16H23N3O4/c1-3-11(2)23-13-6-4-5-12(9-13)18-16(21)19-7-8-22-14(10-19)15(17)20/h4-6,9,11,14H,3,7-8,10H2,1-2H3,(H2,17,20)(H,18,21). The van der Waals surface area contributed by atoms with Crippen LogP contribution in [0, 0.1) is 0 Å². The lowest BCUT2D eigenvalue weighted by Gasteiger charge is -2.31. The SMILES string of the molecule is CCC(C)Oc1cccc(NC(=O)N2CCOC(C(N)=O)C2)c1. The first-order valence-electron chi connectivity index (χ1n) is 7.73. The molecular weight excluding hydrogens is 298 g/mol. The van der Waals surface area contributed by atoms with E-state index >= 15 is 0 Å². The van der Waals surface area contributed by atoms with Gasteiger partial charge < -0.3 is 25.4 Å². The van der Waals surface area contributed by atoms with Gasteiger partial charge in [0.1, 0.15) is 5.75 Å². The van der Waals surface area contributed by atoms with E-state index in [0.29, 0.717) is 18.0 Å². The minimum atomic E-state index is -0.755. The smallest absolute Gasteiger partial charge is 0.322 e. The van der Waals surface area contributed by atoms with Gasteiger partial charge in [-0.2, -0.15) is 0 Å². The van der Waals surface area contributed by atoms with Gasteiger partial charge in [-0.3, -0.25) is 4.79 Å². The molecule has 1 heterocycles. The lowest BCUT2D eigenvalue weighted by Crippen LogP contribution is -2.51. The van der Waals surface area contributed by atoms with Crippen LogP contribution in [0.25, 0.3) is 0 Å². The summed E-state index contributed by atoms with van der Waals surface area (Å²) in [5.41, 5.74) is 5.86. The van der Waals surface area contributed by atoms with Gasteiger partial charge in [-0.25, -0.2) is 4.79 Å². The number of benzene rings is 1. The van der Waals surface area contributed by atoms with Crippen LogP contribution in [0.2, 0.25) is 0 Å². The normalized spacial score (nSPS) is 19.0. The highest BCUT2D eigenvalue weighted by atomic mass is 16.5. The maximum atomic E-state index is 12.3. The summed E-state index contributed by atoms with van der Waals surface area (Å²) < 4.78 is 11.0.